The summed E-state index contributed by atoms with van der Waals surface area (Å²) in [5.74, 6) is 0.847. The van der Waals surface area contributed by atoms with E-state index in [1.165, 1.54) is 26.2 Å². The molecule has 0 N–H and O–H groups in total. The first-order valence-corrected chi connectivity index (χ1v) is 7.39. The molecule has 0 saturated carbocycles. The van der Waals surface area contributed by atoms with Crippen LogP contribution < -0.4 is 4.74 Å². The van der Waals surface area contributed by atoms with E-state index in [-0.39, 0.29) is 0 Å². The Labute approximate surface area is 121 Å². The fourth-order valence-electron chi connectivity index (χ4n) is 2.43. The quantitative estimate of drug-likeness (QED) is 0.743. The van der Waals surface area contributed by atoms with Crippen molar-refractivity contribution >= 4 is 0 Å². The van der Waals surface area contributed by atoms with Crippen molar-refractivity contribution in [3.8, 4) is 11.8 Å². The number of rotatable bonds is 6. The molecule has 0 radical (unpaired) electrons. The normalized spacial score (nSPS) is 16.8. The van der Waals surface area contributed by atoms with Gasteiger partial charge in [0.25, 0.3) is 0 Å². The molecule has 0 atom stereocenters. The van der Waals surface area contributed by atoms with Crippen LogP contribution in [0.2, 0.25) is 0 Å². The summed E-state index contributed by atoms with van der Waals surface area (Å²) in [6.45, 7) is 9.94. The number of nitrogens with zero attached hydrogens (tertiary/aromatic N) is 3. The molecule has 1 aromatic carbocycles. The molecule has 0 bridgehead atoms. The average Bonchev–Trinajstić information content (AvgIpc) is 2.53. The minimum atomic E-state index is 0.672. The van der Waals surface area contributed by atoms with Crippen molar-refractivity contribution in [2.45, 2.75) is 13.3 Å². The van der Waals surface area contributed by atoms with Gasteiger partial charge < -0.3 is 14.5 Å². The molecular formula is C16H23N3O. The van der Waals surface area contributed by atoms with Crippen molar-refractivity contribution in [2.24, 2.45) is 0 Å². The number of benzene rings is 1. The number of nitriles is 1. The van der Waals surface area contributed by atoms with Crippen molar-refractivity contribution in [1.82, 2.24) is 9.80 Å². The fourth-order valence-corrected chi connectivity index (χ4v) is 2.43. The van der Waals surface area contributed by atoms with Gasteiger partial charge in [0, 0.05) is 32.7 Å². The molecule has 1 heterocycles. The van der Waals surface area contributed by atoms with Crippen LogP contribution in [0.3, 0.4) is 0 Å². The first kappa shape index (κ1) is 14.8. The van der Waals surface area contributed by atoms with Crippen LogP contribution >= 0.6 is 0 Å². The average molecular weight is 273 g/mol. The highest BCUT2D eigenvalue weighted by Crippen LogP contribution is 2.12. The summed E-state index contributed by atoms with van der Waals surface area (Å²) in [7, 11) is 0. The summed E-state index contributed by atoms with van der Waals surface area (Å²) in [5, 5.41) is 8.72. The minimum Gasteiger partial charge on any atom is -0.494 e. The van der Waals surface area contributed by atoms with Crippen LogP contribution in [0.5, 0.6) is 5.75 Å². The molecule has 1 aliphatic rings. The van der Waals surface area contributed by atoms with Crippen LogP contribution in [0.1, 0.15) is 18.9 Å². The van der Waals surface area contributed by atoms with Crippen molar-refractivity contribution < 1.29 is 4.74 Å². The van der Waals surface area contributed by atoms with E-state index in [9.17, 15) is 0 Å². The van der Waals surface area contributed by atoms with Crippen LogP contribution in [0.15, 0.2) is 24.3 Å². The van der Waals surface area contributed by atoms with Gasteiger partial charge in [-0.25, -0.2) is 0 Å². The third-order valence-electron chi connectivity index (χ3n) is 3.78. The molecule has 4 heteroatoms. The standard InChI is InChI=1S/C16H23N3O/c1-2-18-9-11-19(12-10-18)8-3-13-20-16-6-4-15(14-17)5-7-16/h4-7H,2-3,8-13H2,1H3. The number of piperazine rings is 1. The van der Waals surface area contributed by atoms with Gasteiger partial charge in [0.2, 0.25) is 0 Å². The van der Waals surface area contributed by atoms with Gasteiger partial charge in [-0.3, -0.25) is 0 Å². The Bertz CT molecular complexity index is 430. The lowest BCUT2D eigenvalue weighted by Crippen LogP contribution is -2.46. The summed E-state index contributed by atoms with van der Waals surface area (Å²) < 4.78 is 5.69. The van der Waals surface area contributed by atoms with Crippen LogP contribution in [-0.4, -0.2) is 55.7 Å². The summed E-state index contributed by atoms with van der Waals surface area (Å²) >= 11 is 0. The second-order valence-corrected chi connectivity index (χ2v) is 5.11. The molecule has 1 fully saturated rings. The maximum Gasteiger partial charge on any atom is 0.119 e. The lowest BCUT2D eigenvalue weighted by Gasteiger charge is -2.33. The Morgan fingerprint density at radius 3 is 2.35 bits per heavy atom. The lowest BCUT2D eigenvalue weighted by atomic mass is 10.2. The van der Waals surface area contributed by atoms with Gasteiger partial charge in [-0.2, -0.15) is 5.26 Å². The molecular weight excluding hydrogens is 250 g/mol. The largest absolute Gasteiger partial charge is 0.494 e. The van der Waals surface area contributed by atoms with E-state index in [2.05, 4.69) is 22.8 Å². The molecule has 108 valence electrons. The summed E-state index contributed by atoms with van der Waals surface area (Å²) in [4.78, 5) is 5.00. The Morgan fingerprint density at radius 2 is 1.75 bits per heavy atom. The maximum absolute atomic E-state index is 8.72. The highest BCUT2D eigenvalue weighted by Gasteiger charge is 2.14. The predicted octanol–water partition coefficient (Wildman–Crippen LogP) is 1.96. The molecule has 0 aromatic heterocycles. The predicted molar refractivity (Wildman–Crippen MR) is 79.8 cm³/mol. The molecule has 2 rings (SSSR count). The zero-order chi connectivity index (χ0) is 14.2. The highest BCUT2D eigenvalue weighted by molar-refractivity contribution is 5.34. The molecule has 1 aromatic rings. The van der Waals surface area contributed by atoms with Gasteiger partial charge >= 0.3 is 0 Å². The van der Waals surface area contributed by atoms with Crippen LogP contribution in [0.4, 0.5) is 0 Å². The second-order valence-electron chi connectivity index (χ2n) is 5.11. The van der Waals surface area contributed by atoms with Crippen LogP contribution in [0.25, 0.3) is 0 Å². The van der Waals surface area contributed by atoms with E-state index < -0.39 is 0 Å². The molecule has 0 aliphatic carbocycles. The van der Waals surface area contributed by atoms with Crippen molar-refractivity contribution in [3.63, 3.8) is 0 Å². The maximum atomic E-state index is 8.72. The third kappa shape index (κ3) is 4.52. The van der Waals surface area contributed by atoms with Gasteiger partial charge in [0.1, 0.15) is 5.75 Å². The van der Waals surface area contributed by atoms with Crippen LogP contribution in [-0.2, 0) is 0 Å². The second kappa shape index (κ2) is 7.88. The monoisotopic (exact) mass is 273 g/mol. The molecule has 20 heavy (non-hydrogen) atoms. The molecule has 1 aliphatic heterocycles. The topological polar surface area (TPSA) is 39.5 Å². The van der Waals surface area contributed by atoms with E-state index >= 15 is 0 Å². The van der Waals surface area contributed by atoms with E-state index in [4.69, 9.17) is 10.00 Å². The van der Waals surface area contributed by atoms with Gasteiger partial charge in [-0.15, -0.1) is 0 Å². The first-order valence-electron chi connectivity index (χ1n) is 7.39. The van der Waals surface area contributed by atoms with Crippen molar-refractivity contribution in [2.75, 3.05) is 45.9 Å². The molecule has 4 nitrogen and oxygen atoms in total. The summed E-state index contributed by atoms with van der Waals surface area (Å²) in [6, 6.07) is 9.41. The van der Waals surface area contributed by atoms with Gasteiger partial charge in [-0.05, 0) is 37.2 Å². The zero-order valence-electron chi connectivity index (χ0n) is 12.2. The van der Waals surface area contributed by atoms with Gasteiger partial charge in [0.05, 0.1) is 18.2 Å². The number of likely N-dealkylation sites (N-methyl/N-ethyl adjacent to an activating group) is 1. The summed E-state index contributed by atoms with van der Waals surface area (Å²) in [6.07, 6.45) is 1.05. The highest BCUT2D eigenvalue weighted by atomic mass is 16.5. The molecule has 0 spiro atoms. The number of ether oxygens (including phenoxy) is 1. The smallest absolute Gasteiger partial charge is 0.119 e. The number of hydrogen-bond donors (Lipinski definition) is 0. The summed E-state index contributed by atoms with van der Waals surface area (Å²) in [5.41, 5.74) is 0.672. The minimum absolute atomic E-state index is 0.672. The van der Waals surface area contributed by atoms with E-state index in [1.807, 2.05) is 12.1 Å². The van der Waals surface area contributed by atoms with Gasteiger partial charge in [0.15, 0.2) is 0 Å². The van der Waals surface area contributed by atoms with E-state index in [1.54, 1.807) is 12.1 Å². The lowest BCUT2D eigenvalue weighted by molar-refractivity contribution is 0.130. The SMILES string of the molecule is CCN1CCN(CCCOc2ccc(C#N)cc2)CC1. The Morgan fingerprint density at radius 1 is 1.10 bits per heavy atom. The molecule has 1 saturated heterocycles. The van der Waals surface area contributed by atoms with E-state index in [0.717, 1.165) is 31.9 Å². The fraction of sp³-hybridized carbons (Fsp3) is 0.562. The van der Waals surface area contributed by atoms with Crippen molar-refractivity contribution in [1.29, 1.82) is 5.26 Å². The first-order chi connectivity index (χ1) is 9.81. The Kier molecular flexibility index (Phi) is 5.85. The zero-order valence-corrected chi connectivity index (χ0v) is 12.2. The third-order valence-corrected chi connectivity index (χ3v) is 3.78. The molecule has 0 unspecified atom stereocenters. The van der Waals surface area contributed by atoms with Gasteiger partial charge in [-0.1, -0.05) is 6.92 Å². The Balaban J connectivity index is 1.60. The van der Waals surface area contributed by atoms with E-state index in [0.29, 0.717) is 5.56 Å². The number of hydrogen-bond acceptors (Lipinski definition) is 4. The van der Waals surface area contributed by atoms with Crippen molar-refractivity contribution in [3.05, 3.63) is 29.8 Å². The molecule has 0 amide bonds. The Hall–Kier alpha value is -1.57. The van der Waals surface area contributed by atoms with Crippen LogP contribution in [0, 0.1) is 11.3 Å².